The molecule has 0 spiro atoms. The molecule has 0 bridgehead atoms. The first-order chi connectivity index (χ1) is 19.2. The number of hydrogen-bond acceptors (Lipinski definition) is 6. The molecule has 3 aromatic carbocycles. The minimum atomic E-state index is -3.77. The first-order valence-corrected chi connectivity index (χ1v) is 14.7. The highest BCUT2D eigenvalue weighted by Gasteiger charge is 2.33. The van der Waals surface area contributed by atoms with Crippen LogP contribution >= 0.6 is 11.6 Å². The molecular formula is C29H32ClN3O6S. The third kappa shape index (κ3) is 6.93. The average Bonchev–Trinajstić information content (AvgIpc) is 2.97. The first-order valence-electron chi connectivity index (χ1n) is 12.9. The van der Waals surface area contributed by atoms with Gasteiger partial charge in [-0.1, -0.05) is 29.8 Å². The van der Waals surface area contributed by atoms with Gasteiger partial charge in [-0.25, -0.2) is 8.42 Å². The zero-order valence-electron chi connectivity index (χ0n) is 22.4. The molecule has 3 aromatic rings. The van der Waals surface area contributed by atoms with Crippen molar-refractivity contribution in [3.8, 4) is 11.5 Å². The van der Waals surface area contributed by atoms with Crippen LogP contribution in [0, 0.1) is 5.92 Å². The second-order valence-corrected chi connectivity index (χ2v) is 11.8. The summed E-state index contributed by atoms with van der Waals surface area (Å²) in [7, 11) is -0.627. The van der Waals surface area contributed by atoms with E-state index < -0.39 is 15.9 Å². The van der Waals surface area contributed by atoms with Gasteiger partial charge in [-0.3, -0.25) is 9.59 Å². The molecule has 4 rings (SSSR count). The molecule has 0 unspecified atom stereocenters. The maximum Gasteiger partial charge on any atom is 0.253 e. The number of carbonyl (C=O) groups excluding carboxylic acids is 2. The summed E-state index contributed by atoms with van der Waals surface area (Å²) >= 11 is 5.90. The predicted octanol–water partition coefficient (Wildman–Crippen LogP) is 4.37. The molecule has 11 heteroatoms. The highest BCUT2D eigenvalue weighted by Crippen LogP contribution is 2.28. The number of amides is 2. The minimum Gasteiger partial charge on any atom is -0.493 e. The van der Waals surface area contributed by atoms with E-state index >= 15 is 0 Å². The van der Waals surface area contributed by atoms with Crippen molar-refractivity contribution in [1.29, 1.82) is 0 Å². The quantitative estimate of drug-likeness (QED) is 0.365. The zero-order valence-corrected chi connectivity index (χ0v) is 23.9. The fourth-order valence-electron chi connectivity index (χ4n) is 4.61. The number of halogens is 1. The van der Waals surface area contributed by atoms with Crippen LogP contribution in [0.15, 0.2) is 71.6 Å². The number of sulfonamides is 1. The third-order valence-electron chi connectivity index (χ3n) is 6.78. The molecule has 212 valence electrons. The molecule has 1 aliphatic rings. The van der Waals surface area contributed by atoms with Gasteiger partial charge >= 0.3 is 0 Å². The molecule has 40 heavy (non-hydrogen) atoms. The van der Waals surface area contributed by atoms with Crippen LogP contribution in [-0.4, -0.2) is 58.4 Å². The van der Waals surface area contributed by atoms with Crippen molar-refractivity contribution in [1.82, 2.24) is 9.62 Å². The molecule has 0 aliphatic carbocycles. The highest BCUT2D eigenvalue weighted by atomic mass is 35.5. The Hall–Kier alpha value is -3.60. The Bertz CT molecular complexity index is 1460. The van der Waals surface area contributed by atoms with E-state index in [4.69, 9.17) is 21.1 Å². The van der Waals surface area contributed by atoms with Crippen LogP contribution in [0.1, 0.15) is 28.8 Å². The number of anilines is 1. The Morgan fingerprint density at radius 3 is 2.45 bits per heavy atom. The summed E-state index contributed by atoms with van der Waals surface area (Å²) in [6.07, 6.45) is 1.65. The molecule has 2 amide bonds. The first kappa shape index (κ1) is 29.4. The number of piperidine rings is 1. The van der Waals surface area contributed by atoms with E-state index in [9.17, 15) is 18.0 Å². The van der Waals surface area contributed by atoms with Gasteiger partial charge in [0, 0.05) is 24.7 Å². The number of carbonyl (C=O) groups is 2. The van der Waals surface area contributed by atoms with Gasteiger partial charge < -0.3 is 20.1 Å². The predicted molar refractivity (Wildman–Crippen MR) is 154 cm³/mol. The van der Waals surface area contributed by atoms with E-state index in [1.165, 1.54) is 28.6 Å². The SMILES string of the molecule is COc1ccc(CCNC(=O)c2ccccc2NC(=O)[C@@H]2CCCN(S(=O)(=O)c3ccc(Cl)cc3)C2)cc1OC. The van der Waals surface area contributed by atoms with Gasteiger partial charge in [-0.2, -0.15) is 4.31 Å². The van der Waals surface area contributed by atoms with Crippen LogP contribution in [0.25, 0.3) is 0 Å². The van der Waals surface area contributed by atoms with Gasteiger partial charge in [0.25, 0.3) is 5.91 Å². The van der Waals surface area contributed by atoms with E-state index in [-0.39, 0.29) is 23.3 Å². The molecule has 0 aromatic heterocycles. The smallest absolute Gasteiger partial charge is 0.253 e. The van der Waals surface area contributed by atoms with Crippen LogP contribution in [0.3, 0.4) is 0 Å². The number of rotatable bonds is 10. The van der Waals surface area contributed by atoms with Crippen LogP contribution in [0.5, 0.6) is 11.5 Å². The number of nitrogens with zero attached hydrogens (tertiary/aromatic N) is 1. The second kappa shape index (κ2) is 13.2. The van der Waals surface area contributed by atoms with Crippen molar-refractivity contribution >= 4 is 39.1 Å². The monoisotopic (exact) mass is 585 g/mol. The largest absolute Gasteiger partial charge is 0.493 e. The van der Waals surface area contributed by atoms with Crippen molar-refractivity contribution in [3.63, 3.8) is 0 Å². The molecule has 1 heterocycles. The summed E-state index contributed by atoms with van der Waals surface area (Å²) in [5, 5.41) is 6.19. The Kier molecular flexibility index (Phi) is 9.67. The normalized spacial score (nSPS) is 15.7. The van der Waals surface area contributed by atoms with Gasteiger partial charge in [-0.15, -0.1) is 0 Å². The number of nitrogens with one attached hydrogen (secondary N) is 2. The van der Waals surface area contributed by atoms with Gasteiger partial charge in [0.1, 0.15) is 0 Å². The van der Waals surface area contributed by atoms with Crippen molar-refractivity contribution in [2.75, 3.05) is 39.2 Å². The van der Waals surface area contributed by atoms with Gasteiger partial charge in [0.05, 0.1) is 36.3 Å². The maximum atomic E-state index is 13.2. The summed E-state index contributed by atoms with van der Waals surface area (Å²) < 4.78 is 38.2. The maximum absolute atomic E-state index is 13.2. The van der Waals surface area contributed by atoms with Crippen molar-refractivity contribution in [3.05, 3.63) is 82.9 Å². The molecular weight excluding hydrogens is 554 g/mol. The summed E-state index contributed by atoms with van der Waals surface area (Å²) in [6, 6.07) is 18.3. The Morgan fingerprint density at radius 1 is 1.00 bits per heavy atom. The molecule has 2 N–H and O–H groups in total. The van der Waals surface area contributed by atoms with E-state index in [2.05, 4.69) is 10.6 Å². The van der Waals surface area contributed by atoms with Crippen molar-refractivity contribution in [2.45, 2.75) is 24.2 Å². The standard InChI is InChI=1S/C29H32ClN3O6S/c1-38-26-14-9-20(18-27(26)39-2)15-16-31-29(35)24-7-3-4-8-25(24)32-28(34)21-6-5-17-33(19-21)40(36,37)23-12-10-22(30)11-13-23/h3-4,7-14,18,21H,5-6,15-17,19H2,1-2H3,(H,31,35)(H,32,34)/t21-/m1/s1. The molecule has 0 radical (unpaired) electrons. The Balaban J connectivity index is 1.38. The summed E-state index contributed by atoms with van der Waals surface area (Å²) in [6.45, 7) is 0.751. The van der Waals surface area contributed by atoms with E-state index in [1.54, 1.807) is 38.5 Å². The van der Waals surface area contributed by atoms with Crippen LogP contribution in [-0.2, 0) is 21.2 Å². The molecule has 9 nitrogen and oxygen atoms in total. The van der Waals surface area contributed by atoms with Gasteiger partial charge in [0.15, 0.2) is 11.5 Å². The fraction of sp³-hybridized carbons (Fsp3) is 0.310. The zero-order chi connectivity index (χ0) is 28.7. The summed E-state index contributed by atoms with van der Waals surface area (Å²) in [5.41, 5.74) is 1.66. The molecule has 1 aliphatic heterocycles. The Labute approximate surface area is 239 Å². The number of methoxy groups -OCH3 is 2. The highest BCUT2D eigenvalue weighted by molar-refractivity contribution is 7.89. The topological polar surface area (TPSA) is 114 Å². The summed E-state index contributed by atoms with van der Waals surface area (Å²) in [4.78, 5) is 26.3. The molecule has 1 atom stereocenters. The lowest BCUT2D eigenvalue weighted by molar-refractivity contribution is -0.120. The van der Waals surface area contributed by atoms with Crippen molar-refractivity contribution < 1.29 is 27.5 Å². The minimum absolute atomic E-state index is 0.0521. The number of para-hydroxylation sites is 1. The molecule has 1 saturated heterocycles. The van der Waals surface area contributed by atoms with Crippen LogP contribution in [0.4, 0.5) is 5.69 Å². The lowest BCUT2D eigenvalue weighted by Crippen LogP contribution is -2.43. The summed E-state index contributed by atoms with van der Waals surface area (Å²) in [5.74, 6) is 0.0239. The van der Waals surface area contributed by atoms with Crippen LogP contribution in [0.2, 0.25) is 5.02 Å². The fourth-order valence-corrected chi connectivity index (χ4v) is 6.26. The number of benzene rings is 3. The van der Waals surface area contributed by atoms with Gasteiger partial charge in [0.2, 0.25) is 15.9 Å². The van der Waals surface area contributed by atoms with Gasteiger partial charge in [-0.05, 0) is 73.4 Å². The van der Waals surface area contributed by atoms with Crippen molar-refractivity contribution in [2.24, 2.45) is 5.92 Å². The van der Waals surface area contributed by atoms with E-state index in [0.29, 0.717) is 60.1 Å². The number of hydrogen-bond donors (Lipinski definition) is 2. The van der Waals surface area contributed by atoms with E-state index in [1.807, 2.05) is 18.2 Å². The van der Waals surface area contributed by atoms with Crippen LogP contribution < -0.4 is 20.1 Å². The third-order valence-corrected chi connectivity index (χ3v) is 8.91. The van der Waals surface area contributed by atoms with E-state index in [0.717, 1.165) is 5.56 Å². The Morgan fingerprint density at radius 2 is 1.73 bits per heavy atom. The number of ether oxygens (including phenoxy) is 2. The average molecular weight is 586 g/mol. The lowest BCUT2D eigenvalue weighted by atomic mass is 9.98. The second-order valence-electron chi connectivity index (χ2n) is 9.39. The molecule has 1 fully saturated rings. The molecule has 0 saturated carbocycles. The lowest BCUT2D eigenvalue weighted by Gasteiger charge is -2.31.